The van der Waals surface area contributed by atoms with Gasteiger partial charge in [0.2, 0.25) is 0 Å². The van der Waals surface area contributed by atoms with Gasteiger partial charge in [0.15, 0.2) is 0 Å². The van der Waals surface area contributed by atoms with E-state index in [1.54, 1.807) is 26.4 Å². The summed E-state index contributed by atoms with van der Waals surface area (Å²) in [5.41, 5.74) is 1.55. The van der Waals surface area contributed by atoms with E-state index in [4.69, 9.17) is 34.0 Å². The summed E-state index contributed by atoms with van der Waals surface area (Å²) in [5, 5.41) is 13.9. The highest BCUT2D eigenvalue weighted by Gasteiger charge is 2.09. The first-order valence-electron chi connectivity index (χ1n) is 7.43. The van der Waals surface area contributed by atoms with Gasteiger partial charge in [-0.25, -0.2) is 9.59 Å². The molecular formula is C18H20O8. The number of hydrogen-bond donors (Lipinski definition) is 2. The third-order valence-electron chi connectivity index (χ3n) is 3.08. The van der Waals surface area contributed by atoms with E-state index in [1.807, 2.05) is 36.4 Å². The van der Waals surface area contributed by atoms with E-state index in [1.165, 1.54) is 0 Å². The summed E-state index contributed by atoms with van der Waals surface area (Å²) in [4.78, 5) is 20.2. The van der Waals surface area contributed by atoms with Crippen LogP contribution in [-0.2, 0) is 22.7 Å². The van der Waals surface area contributed by atoms with Gasteiger partial charge in [0.1, 0.15) is 24.7 Å². The lowest BCUT2D eigenvalue weighted by Gasteiger charge is -2.10. The van der Waals surface area contributed by atoms with Gasteiger partial charge in [0, 0.05) is 11.1 Å². The Morgan fingerprint density at radius 3 is 1.46 bits per heavy atom. The maximum absolute atomic E-state index is 11.7. The van der Waals surface area contributed by atoms with Crippen LogP contribution in [0.1, 0.15) is 11.1 Å². The van der Waals surface area contributed by atoms with E-state index in [2.05, 4.69) is 0 Å². The van der Waals surface area contributed by atoms with Gasteiger partial charge in [-0.3, -0.25) is 0 Å². The minimum atomic E-state index is -1.83. The molecule has 0 bridgehead atoms. The average Bonchev–Trinajstić information content (AvgIpc) is 2.64. The number of carbonyl (C=O) groups excluding carboxylic acids is 1. The molecule has 0 fully saturated rings. The van der Waals surface area contributed by atoms with Crippen molar-refractivity contribution >= 4 is 12.3 Å². The van der Waals surface area contributed by atoms with Crippen LogP contribution in [0, 0.1) is 0 Å². The molecule has 0 aromatic heterocycles. The molecule has 0 aliphatic carbocycles. The van der Waals surface area contributed by atoms with Crippen LogP contribution in [0.2, 0.25) is 0 Å². The van der Waals surface area contributed by atoms with Crippen molar-refractivity contribution in [2.45, 2.75) is 13.2 Å². The molecule has 0 radical (unpaired) electrons. The van der Waals surface area contributed by atoms with E-state index in [0.717, 1.165) is 11.1 Å². The summed E-state index contributed by atoms with van der Waals surface area (Å²) in [6, 6.07) is 14.7. The topological polar surface area (TPSA) is 112 Å². The van der Waals surface area contributed by atoms with Gasteiger partial charge in [0.05, 0.1) is 14.2 Å². The molecule has 2 aromatic rings. The zero-order valence-electron chi connectivity index (χ0n) is 14.4. The summed E-state index contributed by atoms with van der Waals surface area (Å²) in [6.45, 7) is 0.184. The molecule has 8 heteroatoms. The lowest BCUT2D eigenvalue weighted by molar-refractivity contribution is 0.0438. The largest absolute Gasteiger partial charge is 0.508 e. The summed E-state index contributed by atoms with van der Waals surface area (Å²) >= 11 is 0. The molecule has 26 heavy (non-hydrogen) atoms. The standard InChI is InChI=1S/C17H18O5.CH2O3/c1-19-15-9-5-3-7-13(15)11-21-17(18)22-12-14-8-4-6-10-16(14)20-2;2-1(3)4/h3-10H,11-12H2,1-2H3;(H2,2,3,4). The van der Waals surface area contributed by atoms with Crippen LogP contribution >= 0.6 is 0 Å². The Morgan fingerprint density at radius 2 is 1.12 bits per heavy atom. The van der Waals surface area contributed by atoms with E-state index in [0.29, 0.717) is 11.5 Å². The zero-order chi connectivity index (χ0) is 19.4. The van der Waals surface area contributed by atoms with Crippen LogP contribution in [0.3, 0.4) is 0 Å². The molecule has 0 atom stereocenters. The summed E-state index contributed by atoms with van der Waals surface area (Å²) < 4.78 is 20.5. The first-order valence-corrected chi connectivity index (χ1v) is 7.43. The fraction of sp³-hybridized carbons (Fsp3) is 0.222. The molecule has 0 unspecified atom stereocenters. The normalized spacial score (nSPS) is 9.31. The Kier molecular flexibility index (Phi) is 8.88. The second kappa shape index (κ2) is 11.2. The molecular weight excluding hydrogens is 344 g/mol. The van der Waals surface area contributed by atoms with Gasteiger partial charge in [0.25, 0.3) is 0 Å². The van der Waals surface area contributed by atoms with Crippen molar-refractivity contribution in [1.82, 2.24) is 0 Å². The van der Waals surface area contributed by atoms with Gasteiger partial charge in [-0.2, -0.15) is 0 Å². The Hall–Kier alpha value is -3.42. The predicted octanol–water partition coefficient (Wildman–Crippen LogP) is 3.78. The minimum Gasteiger partial charge on any atom is -0.496 e. The molecule has 0 saturated carbocycles. The maximum Gasteiger partial charge on any atom is 0.508 e. The third-order valence-corrected chi connectivity index (χ3v) is 3.08. The fourth-order valence-corrected chi connectivity index (χ4v) is 1.96. The third kappa shape index (κ3) is 7.43. The molecule has 0 spiro atoms. The minimum absolute atomic E-state index is 0.0920. The molecule has 8 nitrogen and oxygen atoms in total. The number of ether oxygens (including phenoxy) is 4. The second-order valence-electron chi connectivity index (χ2n) is 4.73. The van der Waals surface area contributed by atoms with Crippen LogP contribution in [0.5, 0.6) is 11.5 Å². The summed E-state index contributed by atoms with van der Waals surface area (Å²) in [6.07, 6.45) is -2.57. The molecule has 2 rings (SSSR count). The summed E-state index contributed by atoms with van der Waals surface area (Å²) in [7, 11) is 3.14. The van der Waals surface area contributed by atoms with Gasteiger partial charge >= 0.3 is 12.3 Å². The Morgan fingerprint density at radius 1 is 0.769 bits per heavy atom. The summed E-state index contributed by atoms with van der Waals surface area (Å²) in [5.74, 6) is 1.33. The molecule has 0 heterocycles. The highest BCUT2D eigenvalue weighted by Crippen LogP contribution is 2.20. The van der Waals surface area contributed by atoms with E-state index >= 15 is 0 Å². The van der Waals surface area contributed by atoms with Gasteiger partial charge in [-0.15, -0.1) is 0 Å². The monoisotopic (exact) mass is 364 g/mol. The van der Waals surface area contributed by atoms with Crippen LogP contribution in [-0.4, -0.2) is 36.7 Å². The number of carboxylic acid groups (broad SMARTS) is 2. The van der Waals surface area contributed by atoms with Crippen molar-refractivity contribution < 1.29 is 38.7 Å². The Bertz CT molecular complexity index is 656. The number of hydrogen-bond acceptors (Lipinski definition) is 6. The average molecular weight is 364 g/mol. The number of carbonyl (C=O) groups is 2. The van der Waals surface area contributed by atoms with Crippen molar-refractivity contribution in [3.63, 3.8) is 0 Å². The van der Waals surface area contributed by atoms with Gasteiger partial charge in [-0.1, -0.05) is 36.4 Å². The number of benzene rings is 2. The second-order valence-corrected chi connectivity index (χ2v) is 4.73. The maximum atomic E-state index is 11.7. The molecule has 2 aromatic carbocycles. The molecule has 140 valence electrons. The fourth-order valence-electron chi connectivity index (χ4n) is 1.96. The van der Waals surface area contributed by atoms with Crippen molar-refractivity contribution in [1.29, 1.82) is 0 Å². The molecule has 0 aliphatic rings. The molecule has 0 amide bonds. The number of para-hydroxylation sites is 2. The first kappa shape index (κ1) is 20.6. The molecule has 0 saturated heterocycles. The van der Waals surface area contributed by atoms with E-state index in [9.17, 15) is 4.79 Å². The quantitative estimate of drug-likeness (QED) is 0.745. The van der Waals surface area contributed by atoms with Crippen molar-refractivity contribution in [2.24, 2.45) is 0 Å². The van der Waals surface area contributed by atoms with Crippen molar-refractivity contribution in [3.05, 3.63) is 59.7 Å². The highest BCUT2D eigenvalue weighted by atomic mass is 16.7. The predicted molar refractivity (Wildman–Crippen MR) is 91.6 cm³/mol. The van der Waals surface area contributed by atoms with E-state index < -0.39 is 12.3 Å². The molecule has 0 aliphatic heterocycles. The first-order chi connectivity index (χ1) is 12.5. The van der Waals surface area contributed by atoms with Crippen LogP contribution in [0.15, 0.2) is 48.5 Å². The van der Waals surface area contributed by atoms with Crippen molar-refractivity contribution in [2.75, 3.05) is 14.2 Å². The smallest absolute Gasteiger partial charge is 0.496 e. The Balaban J connectivity index is 0.000000765. The van der Waals surface area contributed by atoms with Crippen LogP contribution in [0.25, 0.3) is 0 Å². The van der Waals surface area contributed by atoms with Gasteiger partial charge in [-0.05, 0) is 12.1 Å². The lowest BCUT2D eigenvalue weighted by atomic mass is 10.2. The zero-order valence-corrected chi connectivity index (χ0v) is 14.4. The van der Waals surface area contributed by atoms with E-state index in [-0.39, 0.29) is 13.2 Å². The van der Waals surface area contributed by atoms with Crippen LogP contribution in [0.4, 0.5) is 9.59 Å². The molecule has 2 N–H and O–H groups in total. The number of rotatable bonds is 6. The van der Waals surface area contributed by atoms with Crippen molar-refractivity contribution in [3.8, 4) is 11.5 Å². The number of methoxy groups -OCH3 is 2. The lowest BCUT2D eigenvalue weighted by Crippen LogP contribution is -2.08. The Labute approximate surface area is 150 Å². The highest BCUT2D eigenvalue weighted by molar-refractivity contribution is 5.60. The van der Waals surface area contributed by atoms with Crippen LogP contribution < -0.4 is 9.47 Å². The SMILES string of the molecule is COc1ccccc1COC(=O)OCc1ccccc1OC.O=C(O)O. The van der Waals surface area contributed by atoms with Gasteiger partial charge < -0.3 is 29.2 Å².